The van der Waals surface area contributed by atoms with Crippen LogP contribution < -0.4 is 4.90 Å². The van der Waals surface area contributed by atoms with E-state index in [1.165, 1.54) is 27.5 Å². The van der Waals surface area contributed by atoms with Crippen LogP contribution in [0.15, 0.2) is 221 Å². The number of furan rings is 2. The summed E-state index contributed by atoms with van der Waals surface area (Å²) in [7, 11) is 0. The van der Waals surface area contributed by atoms with Gasteiger partial charge in [-0.05, 0) is 122 Å². The Labute approximate surface area is 340 Å². The van der Waals surface area contributed by atoms with E-state index in [0.29, 0.717) is 0 Å². The van der Waals surface area contributed by atoms with Gasteiger partial charge in [0.05, 0.1) is 11.1 Å². The molecule has 3 nitrogen and oxygen atoms in total. The number of para-hydroxylation sites is 1. The molecule has 0 unspecified atom stereocenters. The highest BCUT2D eigenvalue weighted by Gasteiger charge is 2.21. The summed E-state index contributed by atoms with van der Waals surface area (Å²) >= 11 is 0. The molecule has 0 saturated carbocycles. The van der Waals surface area contributed by atoms with Gasteiger partial charge in [0.1, 0.15) is 22.3 Å². The molecular weight excluding hydrogens is 719 g/mol. The second-order valence-electron chi connectivity index (χ2n) is 15.3. The van der Waals surface area contributed by atoms with Gasteiger partial charge in [0.15, 0.2) is 0 Å². The summed E-state index contributed by atoms with van der Waals surface area (Å²) in [5.41, 5.74) is 13.6. The van der Waals surface area contributed by atoms with Crippen molar-refractivity contribution in [3.8, 4) is 33.4 Å². The van der Waals surface area contributed by atoms with E-state index in [4.69, 9.17) is 8.83 Å². The lowest BCUT2D eigenvalue weighted by Gasteiger charge is -2.27. The molecule has 12 rings (SSSR count). The first-order valence-electron chi connectivity index (χ1n) is 20.1. The molecule has 59 heavy (non-hydrogen) atoms. The van der Waals surface area contributed by atoms with Crippen molar-refractivity contribution in [2.24, 2.45) is 0 Å². The summed E-state index contributed by atoms with van der Waals surface area (Å²) in [4.78, 5) is 2.37. The lowest BCUT2D eigenvalue weighted by molar-refractivity contribution is 0.669. The third kappa shape index (κ3) is 5.59. The molecule has 2 heterocycles. The first kappa shape index (κ1) is 33.3. The Balaban J connectivity index is 0.998. The molecule has 2 aromatic heterocycles. The number of hydrogen-bond acceptors (Lipinski definition) is 3. The van der Waals surface area contributed by atoms with Crippen molar-refractivity contribution in [3.05, 3.63) is 212 Å². The SMILES string of the molecule is c1cc(-c2ccc(N(c3cccc(-c4ccc5c(c4)oc4ccccc45)c3)c3cccc4oc5c6ccccc6ccc5c34)cc2)cc(-c2ccc3ccccc3c2)c1. The zero-order valence-electron chi connectivity index (χ0n) is 32.0. The Kier molecular flexibility index (Phi) is 7.54. The van der Waals surface area contributed by atoms with Crippen LogP contribution in [-0.2, 0) is 0 Å². The van der Waals surface area contributed by atoms with Gasteiger partial charge >= 0.3 is 0 Å². The topological polar surface area (TPSA) is 29.5 Å². The van der Waals surface area contributed by atoms with Crippen LogP contribution in [0.5, 0.6) is 0 Å². The predicted octanol–water partition coefficient (Wildman–Crippen LogP) is 16.3. The molecule has 0 aliphatic carbocycles. The third-order valence-corrected chi connectivity index (χ3v) is 11.8. The number of fused-ring (bicyclic) bond motifs is 9. The van der Waals surface area contributed by atoms with Crippen molar-refractivity contribution in [3.63, 3.8) is 0 Å². The fourth-order valence-corrected chi connectivity index (χ4v) is 8.93. The van der Waals surface area contributed by atoms with Gasteiger partial charge in [-0.15, -0.1) is 0 Å². The lowest BCUT2D eigenvalue weighted by atomic mass is 9.97. The maximum absolute atomic E-state index is 6.70. The summed E-state index contributed by atoms with van der Waals surface area (Å²) in [6.45, 7) is 0. The average molecular weight is 754 g/mol. The highest BCUT2D eigenvalue weighted by molar-refractivity contribution is 6.19. The standard InChI is InChI=1S/C56H35NO2/c1-2-12-39-33-43(23-22-36(39)10-1)41-14-7-13-40(32-41)37-24-28-45(29-25-37)57(51-19-9-21-53-55(51)50-31-26-38-11-3-4-17-47(38)56(50)59-53)46-16-8-15-42(34-46)44-27-30-49-48-18-5-6-20-52(48)58-54(49)35-44/h1-35H. The minimum absolute atomic E-state index is 0.854. The van der Waals surface area contributed by atoms with Crippen LogP contribution >= 0.6 is 0 Å². The Morgan fingerprint density at radius 2 is 0.881 bits per heavy atom. The highest BCUT2D eigenvalue weighted by atomic mass is 16.3. The quantitative estimate of drug-likeness (QED) is 0.169. The molecule has 12 aromatic rings. The largest absolute Gasteiger partial charge is 0.456 e. The molecule has 0 aliphatic rings. The first-order chi connectivity index (χ1) is 29.2. The van der Waals surface area contributed by atoms with Crippen molar-refractivity contribution in [2.45, 2.75) is 0 Å². The molecule has 276 valence electrons. The van der Waals surface area contributed by atoms with E-state index >= 15 is 0 Å². The van der Waals surface area contributed by atoms with Crippen LogP contribution in [-0.4, -0.2) is 0 Å². The fourth-order valence-electron chi connectivity index (χ4n) is 8.93. The van der Waals surface area contributed by atoms with E-state index in [-0.39, 0.29) is 0 Å². The second kappa shape index (κ2) is 13.4. The minimum Gasteiger partial charge on any atom is -0.456 e. The van der Waals surface area contributed by atoms with Crippen molar-refractivity contribution >= 4 is 82.5 Å². The lowest BCUT2D eigenvalue weighted by Crippen LogP contribution is -2.10. The molecule has 0 amide bonds. The zero-order valence-corrected chi connectivity index (χ0v) is 32.0. The van der Waals surface area contributed by atoms with Gasteiger partial charge in [-0.1, -0.05) is 140 Å². The van der Waals surface area contributed by atoms with Crippen molar-refractivity contribution in [2.75, 3.05) is 4.90 Å². The Hall–Kier alpha value is -7.88. The summed E-state index contributed by atoms with van der Waals surface area (Å²) in [6.07, 6.45) is 0. The van der Waals surface area contributed by atoms with Crippen LogP contribution in [0, 0.1) is 0 Å². The number of hydrogen-bond donors (Lipinski definition) is 0. The van der Waals surface area contributed by atoms with Gasteiger partial charge in [-0.25, -0.2) is 0 Å². The Morgan fingerprint density at radius 3 is 1.76 bits per heavy atom. The van der Waals surface area contributed by atoms with Gasteiger partial charge < -0.3 is 13.7 Å². The van der Waals surface area contributed by atoms with Crippen LogP contribution in [0.4, 0.5) is 17.1 Å². The minimum atomic E-state index is 0.854. The zero-order chi connectivity index (χ0) is 38.9. The molecule has 0 radical (unpaired) electrons. The molecule has 0 fully saturated rings. The molecule has 0 atom stereocenters. The monoisotopic (exact) mass is 753 g/mol. The van der Waals surface area contributed by atoms with Gasteiger partial charge in [-0.3, -0.25) is 0 Å². The van der Waals surface area contributed by atoms with Gasteiger partial charge in [0, 0.05) is 32.9 Å². The van der Waals surface area contributed by atoms with E-state index in [0.717, 1.165) is 88.4 Å². The summed E-state index contributed by atoms with van der Waals surface area (Å²) in [5.74, 6) is 0. The van der Waals surface area contributed by atoms with Crippen LogP contribution in [0.1, 0.15) is 0 Å². The summed E-state index contributed by atoms with van der Waals surface area (Å²) < 4.78 is 13.0. The third-order valence-electron chi connectivity index (χ3n) is 11.8. The van der Waals surface area contributed by atoms with Crippen LogP contribution in [0.25, 0.3) is 98.8 Å². The number of benzene rings is 10. The number of anilines is 3. The first-order valence-corrected chi connectivity index (χ1v) is 20.1. The smallest absolute Gasteiger partial charge is 0.143 e. The molecule has 0 aliphatic heterocycles. The van der Waals surface area contributed by atoms with Crippen LogP contribution in [0.3, 0.4) is 0 Å². The summed E-state index contributed by atoms with van der Waals surface area (Å²) in [6, 6.07) is 75.8. The van der Waals surface area contributed by atoms with E-state index in [2.05, 4.69) is 205 Å². The molecule has 10 aromatic carbocycles. The van der Waals surface area contributed by atoms with Gasteiger partial charge in [0.25, 0.3) is 0 Å². The molecule has 0 bridgehead atoms. The normalized spacial score (nSPS) is 11.7. The van der Waals surface area contributed by atoms with Crippen molar-refractivity contribution < 1.29 is 8.83 Å². The molecule has 0 spiro atoms. The van der Waals surface area contributed by atoms with E-state index in [1.54, 1.807) is 0 Å². The van der Waals surface area contributed by atoms with Gasteiger partial charge in [-0.2, -0.15) is 0 Å². The van der Waals surface area contributed by atoms with E-state index in [9.17, 15) is 0 Å². The fraction of sp³-hybridized carbons (Fsp3) is 0. The summed E-state index contributed by atoms with van der Waals surface area (Å²) in [5, 5.41) is 9.18. The molecular formula is C56H35NO2. The molecule has 3 heteroatoms. The predicted molar refractivity (Wildman–Crippen MR) is 247 cm³/mol. The van der Waals surface area contributed by atoms with Crippen molar-refractivity contribution in [1.29, 1.82) is 0 Å². The number of rotatable bonds is 6. The Bertz CT molecular complexity index is 3570. The van der Waals surface area contributed by atoms with Gasteiger partial charge in [0.2, 0.25) is 0 Å². The van der Waals surface area contributed by atoms with Crippen LogP contribution in [0.2, 0.25) is 0 Å². The Morgan fingerprint density at radius 1 is 0.288 bits per heavy atom. The van der Waals surface area contributed by atoms with Crippen molar-refractivity contribution in [1.82, 2.24) is 0 Å². The maximum Gasteiger partial charge on any atom is 0.143 e. The van der Waals surface area contributed by atoms with E-state index in [1.807, 2.05) is 12.1 Å². The van der Waals surface area contributed by atoms with E-state index < -0.39 is 0 Å². The highest BCUT2D eigenvalue weighted by Crippen LogP contribution is 2.45. The second-order valence-corrected chi connectivity index (χ2v) is 15.3. The molecule has 0 saturated heterocycles. The number of nitrogens with zero attached hydrogens (tertiary/aromatic N) is 1. The molecule has 0 N–H and O–H groups in total. The maximum atomic E-state index is 6.70. The average Bonchev–Trinajstić information content (AvgIpc) is 3.88.